The summed E-state index contributed by atoms with van der Waals surface area (Å²) in [5.74, 6) is 6.78. The molecule has 2 rings (SSSR count). The number of methoxy groups -OCH3 is 1. The predicted octanol–water partition coefficient (Wildman–Crippen LogP) is 3.57. The monoisotopic (exact) mass is 262 g/mol. The van der Waals surface area contributed by atoms with Gasteiger partial charge in [-0.05, 0) is 29.8 Å². The number of allylic oxidation sites excluding steroid dienone is 1. The zero-order valence-electron chi connectivity index (χ0n) is 11.2. The summed E-state index contributed by atoms with van der Waals surface area (Å²) in [7, 11) is 1.63. The van der Waals surface area contributed by atoms with Crippen LogP contribution >= 0.6 is 0 Å². The van der Waals surface area contributed by atoms with Gasteiger partial charge in [0.25, 0.3) is 0 Å². The van der Waals surface area contributed by atoms with Crippen molar-refractivity contribution in [1.29, 1.82) is 0 Å². The maximum Gasteiger partial charge on any atom is 0.150 e. The molecule has 2 heteroatoms. The number of benzene rings is 2. The molecule has 20 heavy (non-hydrogen) atoms. The van der Waals surface area contributed by atoms with Crippen LogP contribution in [-0.4, -0.2) is 13.4 Å². The molecule has 2 nitrogen and oxygen atoms in total. The standard InChI is InChI=1S/C18H14O2/c1-20-18-9-5-4-8-17(18)7-3-2-6-15-10-12-16(14-19)13-11-15/h2,4-6,8-14H,1H3/b6-2+. The third kappa shape index (κ3) is 3.60. The Morgan fingerprint density at radius 2 is 1.70 bits per heavy atom. The average Bonchev–Trinajstić information content (AvgIpc) is 2.52. The van der Waals surface area contributed by atoms with Crippen molar-refractivity contribution in [3.8, 4) is 17.6 Å². The highest BCUT2D eigenvalue weighted by molar-refractivity contribution is 5.75. The van der Waals surface area contributed by atoms with E-state index < -0.39 is 0 Å². The number of ether oxygens (including phenoxy) is 1. The molecule has 0 aliphatic heterocycles. The highest BCUT2D eigenvalue weighted by atomic mass is 16.5. The molecule has 2 aromatic carbocycles. The van der Waals surface area contributed by atoms with Gasteiger partial charge in [-0.3, -0.25) is 4.79 Å². The van der Waals surface area contributed by atoms with E-state index in [9.17, 15) is 4.79 Å². The quantitative estimate of drug-likeness (QED) is 0.624. The van der Waals surface area contributed by atoms with Gasteiger partial charge in [0.1, 0.15) is 12.0 Å². The minimum Gasteiger partial charge on any atom is -0.495 e. The van der Waals surface area contributed by atoms with Crippen LogP contribution in [-0.2, 0) is 0 Å². The van der Waals surface area contributed by atoms with Gasteiger partial charge in [-0.15, -0.1) is 0 Å². The molecule has 0 radical (unpaired) electrons. The Hall–Kier alpha value is -2.79. The minimum absolute atomic E-state index is 0.669. The van der Waals surface area contributed by atoms with E-state index in [1.807, 2.05) is 42.5 Å². The SMILES string of the molecule is COc1ccccc1C#C/C=C/c1ccc(C=O)cc1. The van der Waals surface area contributed by atoms with Crippen molar-refractivity contribution in [2.45, 2.75) is 0 Å². The summed E-state index contributed by atoms with van der Waals surface area (Å²) in [5, 5.41) is 0. The molecule has 0 fully saturated rings. The van der Waals surface area contributed by atoms with E-state index in [0.717, 1.165) is 23.2 Å². The van der Waals surface area contributed by atoms with Gasteiger partial charge in [-0.25, -0.2) is 0 Å². The molecule has 0 spiro atoms. The van der Waals surface area contributed by atoms with E-state index >= 15 is 0 Å². The number of aldehydes is 1. The number of rotatable bonds is 3. The first-order valence-electron chi connectivity index (χ1n) is 6.20. The maximum absolute atomic E-state index is 10.5. The number of hydrogen-bond donors (Lipinski definition) is 0. The molecule has 0 unspecified atom stereocenters. The molecule has 0 saturated carbocycles. The summed E-state index contributed by atoms with van der Waals surface area (Å²) in [5.41, 5.74) is 2.53. The molecule has 0 aliphatic carbocycles. The molecule has 0 heterocycles. The van der Waals surface area contributed by atoms with Crippen LogP contribution in [0.5, 0.6) is 5.75 Å². The third-order valence-corrected chi connectivity index (χ3v) is 2.75. The van der Waals surface area contributed by atoms with Crippen LogP contribution in [0.2, 0.25) is 0 Å². The lowest BCUT2D eigenvalue weighted by atomic mass is 10.1. The minimum atomic E-state index is 0.669. The summed E-state index contributed by atoms with van der Waals surface area (Å²) in [6, 6.07) is 14.9. The lowest BCUT2D eigenvalue weighted by Gasteiger charge is -2.00. The van der Waals surface area contributed by atoms with E-state index in [1.54, 1.807) is 25.3 Å². The highest BCUT2D eigenvalue weighted by Crippen LogP contribution is 2.15. The smallest absolute Gasteiger partial charge is 0.150 e. The van der Waals surface area contributed by atoms with Crippen LogP contribution in [0.1, 0.15) is 21.5 Å². The fourth-order valence-corrected chi connectivity index (χ4v) is 1.69. The van der Waals surface area contributed by atoms with Gasteiger partial charge in [-0.1, -0.05) is 48.2 Å². The van der Waals surface area contributed by atoms with Gasteiger partial charge < -0.3 is 4.74 Å². The zero-order valence-corrected chi connectivity index (χ0v) is 11.2. The summed E-state index contributed by atoms with van der Waals surface area (Å²) in [6.45, 7) is 0. The molecule has 0 aromatic heterocycles. The number of carbonyl (C=O) groups is 1. The van der Waals surface area contributed by atoms with E-state index in [2.05, 4.69) is 11.8 Å². The maximum atomic E-state index is 10.5. The van der Waals surface area contributed by atoms with E-state index in [0.29, 0.717) is 5.56 Å². The van der Waals surface area contributed by atoms with Crippen molar-refractivity contribution in [2.75, 3.05) is 7.11 Å². The molecule has 0 bridgehead atoms. The van der Waals surface area contributed by atoms with E-state index in [-0.39, 0.29) is 0 Å². The van der Waals surface area contributed by atoms with Crippen molar-refractivity contribution in [1.82, 2.24) is 0 Å². The molecule has 0 saturated heterocycles. The molecule has 0 aliphatic rings. The number of para-hydroxylation sites is 1. The topological polar surface area (TPSA) is 26.3 Å². The van der Waals surface area contributed by atoms with Crippen molar-refractivity contribution in [3.05, 3.63) is 71.3 Å². The van der Waals surface area contributed by atoms with Gasteiger partial charge in [0, 0.05) is 5.56 Å². The van der Waals surface area contributed by atoms with E-state index in [4.69, 9.17) is 4.74 Å². The molecule has 0 amide bonds. The van der Waals surface area contributed by atoms with Gasteiger partial charge in [0.2, 0.25) is 0 Å². The highest BCUT2D eigenvalue weighted by Gasteiger charge is 1.95. The molecule has 0 atom stereocenters. The molecule has 2 aromatic rings. The van der Waals surface area contributed by atoms with Gasteiger partial charge in [0.05, 0.1) is 12.7 Å². The molecule has 0 N–H and O–H groups in total. The lowest BCUT2D eigenvalue weighted by Crippen LogP contribution is -1.85. The normalized spacial score (nSPS) is 9.85. The van der Waals surface area contributed by atoms with Crippen molar-refractivity contribution in [3.63, 3.8) is 0 Å². The largest absolute Gasteiger partial charge is 0.495 e. The Labute approximate surface area is 118 Å². The first-order chi connectivity index (χ1) is 9.83. The van der Waals surface area contributed by atoms with Crippen LogP contribution in [0.4, 0.5) is 0 Å². The molecular formula is C18H14O2. The van der Waals surface area contributed by atoms with E-state index in [1.165, 1.54) is 0 Å². The van der Waals surface area contributed by atoms with Gasteiger partial charge in [0.15, 0.2) is 0 Å². The second-order valence-electron chi connectivity index (χ2n) is 4.09. The fourth-order valence-electron chi connectivity index (χ4n) is 1.69. The Morgan fingerprint density at radius 3 is 2.40 bits per heavy atom. The molecular weight excluding hydrogens is 248 g/mol. The van der Waals surface area contributed by atoms with Crippen molar-refractivity contribution >= 4 is 12.4 Å². The van der Waals surface area contributed by atoms with Crippen LogP contribution in [0.3, 0.4) is 0 Å². The van der Waals surface area contributed by atoms with Crippen LogP contribution in [0.15, 0.2) is 54.6 Å². The summed E-state index contributed by atoms with van der Waals surface area (Å²) in [6.07, 6.45) is 4.51. The zero-order chi connectivity index (χ0) is 14.2. The lowest BCUT2D eigenvalue weighted by molar-refractivity contribution is 0.112. The van der Waals surface area contributed by atoms with Gasteiger partial charge >= 0.3 is 0 Å². The van der Waals surface area contributed by atoms with Crippen molar-refractivity contribution in [2.24, 2.45) is 0 Å². The second-order valence-corrected chi connectivity index (χ2v) is 4.09. The summed E-state index contributed by atoms with van der Waals surface area (Å²) < 4.78 is 5.23. The van der Waals surface area contributed by atoms with Crippen LogP contribution < -0.4 is 4.74 Å². The first kappa shape index (κ1) is 13.6. The third-order valence-electron chi connectivity index (χ3n) is 2.75. The molecule has 98 valence electrons. The average molecular weight is 262 g/mol. The predicted molar refractivity (Wildman–Crippen MR) is 80.7 cm³/mol. The Bertz CT molecular complexity index is 671. The van der Waals surface area contributed by atoms with Crippen molar-refractivity contribution < 1.29 is 9.53 Å². The second kappa shape index (κ2) is 6.96. The van der Waals surface area contributed by atoms with Gasteiger partial charge in [-0.2, -0.15) is 0 Å². The summed E-state index contributed by atoms with van der Waals surface area (Å²) >= 11 is 0. The first-order valence-corrected chi connectivity index (χ1v) is 6.20. The van der Waals surface area contributed by atoms with Crippen LogP contribution in [0, 0.1) is 11.8 Å². The summed E-state index contributed by atoms with van der Waals surface area (Å²) in [4.78, 5) is 10.5. The number of carbonyl (C=O) groups excluding carboxylic acids is 1. The Balaban J connectivity index is 2.09. The number of hydrogen-bond acceptors (Lipinski definition) is 2. The Kier molecular flexibility index (Phi) is 4.75. The van der Waals surface area contributed by atoms with Crippen LogP contribution in [0.25, 0.3) is 6.08 Å². The Morgan fingerprint density at radius 1 is 1.00 bits per heavy atom. The fraction of sp³-hybridized carbons (Fsp3) is 0.0556.